The van der Waals surface area contributed by atoms with Crippen LogP contribution in [0.2, 0.25) is 0 Å². The van der Waals surface area contributed by atoms with Gasteiger partial charge < -0.3 is 14.7 Å². The lowest BCUT2D eigenvalue weighted by molar-refractivity contribution is 0.638. The first-order valence-corrected chi connectivity index (χ1v) is 9.11. The van der Waals surface area contributed by atoms with Crippen LogP contribution in [0.3, 0.4) is 0 Å². The lowest BCUT2D eigenvalue weighted by Gasteiger charge is -2.34. The molecule has 2 aromatic rings. The Kier molecular flexibility index (Phi) is 4.03. The molecule has 122 valence electrons. The van der Waals surface area contributed by atoms with Gasteiger partial charge in [0.15, 0.2) is 5.13 Å². The average molecular weight is 330 g/mol. The summed E-state index contributed by atoms with van der Waals surface area (Å²) in [6, 6.07) is 2.03. The molecule has 0 amide bonds. The zero-order valence-corrected chi connectivity index (χ0v) is 14.3. The SMILES string of the molecule is Cc1cnc(N2CCN(c3nccc(N4CCCC4)n3)CC2)s1. The lowest BCUT2D eigenvalue weighted by Crippen LogP contribution is -2.47. The van der Waals surface area contributed by atoms with Crippen molar-refractivity contribution in [1.29, 1.82) is 0 Å². The molecule has 6 nitrogen and oxygen atoms in total. The first kappa shape index (κ1) is 14.7. The van der Waals surface area contributed by atoms with Crippen LogP contribution in [0.25, 0.3) is 0 Å². The summed E-state index contributed by atoms with van der Waals surface area (Å²) in [5.41, 5.74) is 0. The Morgan fingerprint density at radius 2 is 1.65 bits per heavy atom. The zero-order chi connectivity index (χ0) is 15.6. The standard InChI is InChI=1S/C16H22N6S/c1-13-12-18-16(23-13)22-10-8-21(9-11-22)15-17-5-4-14(19-15)20-6-2-3-7-20/h4-5,12H,2-3,6-11H2,1H3. The Balaban J connectivity index is 1.43. The minimum atomic E-state index is 0.865. The van der Waals surface area contributed by atoms with E-state index in [0.29, 0.717) is 0 Å². The van der Waals surface area contributed by atoms with Crippen molar-refractivity contribution in [3.63, 3.8) is 0 Å². The molecule has 0 radical (unpaired) electrons. The number of hydrogen-bond acceptors (Lipinski definition) is 7. The van der Waals surface area contributed by atoms with Crippen molar-refractivity contribution in [1.82, 2.24) is 15.0 Å². The largest absolute Gasteiger partial charge is 0.356 e. The summed E-state index contributed by atoms with van der Waals surface area (Å²) >= 11 is 1.77. The van der Waals surface area contributed by atoms with E-state index in [1.807, 2.05) is 18.5 Å². The van der Waals surface area contributed by atoms with E-state index in [9.17, 15) is 0 Å². The molecule has 7 heteroatoms. The van der Waals surface area contributed by atoms with Crippen molar-refractivity contribution in [3.05, 3.63) is 23.3 Å². The molecule has 0 aromatic carbocycles. The fourth-order valence-electron chi connectivity index (χ4n) is 3.20. The van der Waals surface area contributed by atoms with Gasteiger partial charge in [0.25, 0.3) is 0 Å². The second kappa shape index (κ2) is 6.31. The van der Waals surface area contributed by atoms with Crippen LogP contribution in [0.4, 0.5) is 16.9 Å². The Bertz CT molecular complexity index is 658. The van der Waals surface area contributed by atoms with Crippen molar-refractivity contribution >= 4 is 28.2 Å². The van der Waals surface area contributed by atoms with Crippen molar-refractivity contribution in [3.8, 4) is 0 Å². The van der Waals surface area contributed by atoms with Crippen LogP contribution in [0.1, 0.15) is 17.7 Å². The van der Waals surface area contributed by atoms with Crippen molar-refractivity contribution in [2.75, 3.05) is 54.0 Å². The minimum Gasteiger partial charge on any atom is -0.356 e. The molecular formula is C16H22N6S. The van der Waals surface area contributed by atoms with E-state index in [1.54, 1.807) is 11.3 Å². The molecule has 2 aliphatic heterocycles. The molecule has 0 unspecified atom stereocenters. The third-order valence-corrected chi connectivity index (χ3v) is 5.47. The number of thiazole rings is 1. The maximum Gasteiger partial charge on any atom is 0.227 e. The molecular weight excluding hydrogens is 308 g/mol. The zero-order valence-electron chi connectivity index (χ0n) is 13.5. The Morgan fingerprint density at radius 1 is 0.913 bits per heavy atom. The number of rotatable bonds is 3. The van der Waals surface area contributed by atoms with Crippen molar-refractivity contribution in [2.24, 2.45) is 0 Å². The summed E-state index contributed by atoms with van der Waals surface area (Å²) in [6.07, 6.45) is 6.39. The number of piperazine rings is 1. The summed E-state index contributed by atoms with van der Waals surface area (Å²) in [6.45, 7) is 8.19. The Labute approximate surface area is 140 Å². The topological polar surface area (TPSA) is 48.4 Å². The van der Waals surface area contributed by atoms with Crippen molar-refractivity contribution in [2.45, 2.75) is 19.8 Å². The number of aromatic nitrogens is 3. The van der Waals surface area contributed by atoms with E-state index in [-0.39, 0.29) is 0 Å². The Morgan fingerprint density at radius 3 is 2.35 bits per heavy atom. The molecule has 0 bridgehead atoms. The van der Waals surface area contributed by atoms with Gasteiger partial charge in [-0.1, -0.05) is 0 Å². The van der Waals surface area contributed by atoms with Gasteiger partial charge in [-0.05, 0) is 25.8 Å². The first-order valence-electron chi connectivity index (χ1n) is 8.30. The van der Waals surface area contributed by atoms with Crippen LogP contribution in [-0.2, 0) is 0 Å². The number of aryl methyl sites for hydroxylation is 1. The predicted molar refractivity (Wildman–Crippen MR) is 94.8 cm³/mol. The normalized spacial score (nSPS) is 18.7. The molecule has 0 atom stereocenters. The summed E-state index contributed by atoms with van der Waals surface area (Å²) in [4.78, 5) is 22.1. The summed E-state index contributed by atoms with van der Waals surface area (Å²) < 4.78 is 0. The summed E-state index contributed by atoms with van der Waals surface area (Å²) in [5, 5.41) is 1.13. The molecule has 23 heavy (non-hydrogen) atoms. The molecule has 2 aromatic heterocycles. The van der Waals surface area contributed by atoms with Crippen LogP contribution in [0, 0.1) is 6.92 Å². The third-order valence-electron chi connectivity index (χ3n) is 4.50. The van der Waals surface area contributed by atoms with Crippen LogP contribution in [0.5, 0.6) is 0 Å². The molecule has 2 saturated heterocycles. The fraction of sp³-hybridized carbons (Fsp3) is 0.562. The van der Waals surface area contributed by atoms with Crippen LogP contribution in [-0.4, -0.2) is 54.2 Å². The third kappa shape index (κ3) is 3.10. The van der Waals surface area contributed by atoms with Crippen LogP contribution in [0.15, 0.2) is 18.5 Å². The van der Waals surface area contributed by atoms with E-state index in [4.69, 9.17) is 4.98 Å². The van der Waals surface area contributed by atoms with Gasteiger partial charge in [0.2, 0.25) is 5.95 Å². The average Bonchev–Trinajstić information content (AvgIpc) is 3.27. The monoisotopic (exact) mass is 330 g/mol. The van der Waals surface area contributed by atoms with E-state index >= 15 is 0 Å². The highest BCUT2D eigenvalue weighted by molar-refractivity contribution is 7.15. The number of nitrogens with zero attached hydrogens (tertiary/aromatic N) is 6. The molecule has 2 aliphatic rings. The van der Waals surface area contributed by atoms with E-state index in [2.05, 4.69) is 31.6 Å². The maximum absolute atomic E-state index is 4.79. The van der Waals surface area contributed by atoms with E-state index in [0.717, 1.165) is 56.2 Å². The molecule has 0 saturated carbocycles. The highest BCUT2D eigenvalue weighted by Crippen LogP contribution is 2.24. The highest BCUT2D eigenvalue weighted by Gasteiger charge is 2.22. The van der Waals surface area contributed by atoms with Crippen LogP contribution < -0.4 is 14.7 Å². The van der Waals surface area contributed by atoms with Crippen LogP contribution >= 0.6 is 11.3 Å². The van der Waals surface area contributed by atoms with E-state index in [1.165, 1.54) is 17.7 Å². The van der Waals surface area contributed by atoms with Gasteiger partial charge in [-0.2, -0.15) is 4.98 Å². The van der Waals surface area contributed by atoms with Gasteiger partial charge in [-0.15, -0.1) is 11.3 Å². The maximum atomic E-state index is 4.79. The molecule has 0 N–H and O–H groups in total. The second-order valence-electron chi connectivity index (χ2n) is 6.14. The molecule has 2 fully saturated rings. The highest BCUT2D eigenvalue weighted by atomic mass is 32.1. The van der Waals surface area contributed by atoms with Gasteiger partial charge in [-0.3, -0.25) is 0 Å². The predicted octanol–water partition coefficient (Wildman–Crippen LogP) is 2.17. The van der Waals surface area contributed by atoms with Gasteiger partial charge in [0.1, 0.15) is 5.82 Å². The first-order chi connectivity index (χ1) is 11.3. The van der Waals surface area contributed by atoms with Crippen molar-refractivity contribution < 1.29 is 0 Å². The quantitative estimate of drug-likeness (QED) is 0.860. The van der Waals surface area contributed by atoms with Gasteiger partial charge in [0, 0.05) is 56.5 Å². The van der Waals surface area contributed by atoms with E-state index < -0.39 is 0 Å². The van der Waals surface area contributed by atoms with Gasteiger partial charge in [-0.25, -0.2) is 9.97 Å². The molecule has 4 rings (SSSR count). The fourth-order valence-corrected chi connectivity index (χ4v) is 4.01. The van der Waals surface area contributed by atoms with Gasteiger partial charge >= 0.3 is 0 Å². The molecule has 0 spiro atoms. The molecule has 0 aliphatic carbocycles. The summed E-state index contributed by atoms with van der Waals surface area (Å²) in [5.74, 6) is 1.94. The summed E-state index contributed by atoms with van der Waals surface area (Å²) in [7, 11) is 0. The Hall–Kier alpha value is -1.89. The number of anilines is 3. The lowest BCUT2D eigenvalue weighted by atomic mass is 10.3. The smallest absolute Gasteiger partial charge is 0.227 e. The number of hydrogen-bond donors (Lipinski definition) is 0. The second-order valence-corrected chi connectivity index (χ2v) is 7.35. The molecule has 4 heterocycles. The van der Waals surface area contributed by atoms with Gasteiger partial charge in [0.05, 0.1) is 0 Å². The minimum absolute atomic E-state index is 0.865.